The van der Waals surface area contributed by atoms with E-state index in [1.54, 1.807) is 13.8 Å². The van der Waals surface area contributed by atoms with Crippen molar-refractivity contribution < 1.29 is 32.5 Å². The zero-order valence-electron chi connectivity index (χ0n) is 12.0. The van der Waals surface area contributed by atoms with Crippen LogP contribution in [0.5, 0.6) is 5.75 Å². The second-order valence-corrected chi connectivity index (χ2v) is 5.08. The molecule has 1 aromatic rings. The molecule has 0 saturated carbocycles. The van der Waals surface area contributed by atoms with Crippen LogP contribution in [0.4, 0.5) is 13.2 Å². The number of carboxylic acid groups (broad SMARTS) is 1. The minimum Gasteiger partial charge on any atom is -0.493 e. The minimum absolute atomic E-state index is 0.0241. The van der Waals surface area contributed by atoms with E-state index in [2.05, 4.69) is 0 Å². The summed E-state index contributed by atoms with van der Waals surface area (Å²) in [6, 6.07) is 2.67. The topological polar surface area (TPSA) is 55.8 Å². The predicted molar refractivity (Wildman–Crippen MR) is 69.6 cm³/mol. The predicted octanol–water partition coefficient (Wildman–Crippen LogP) is 3.60. The average molecular weight is 306 g/mol. The van der Waals surface area contributed by atoms with Crippen LogP contribution in [0.15, 0.2) is 18.2 Å². The van der Waals surface area contributed by atoms with Gasteiger partial charge in [-0.3, -0.25) is 0 Å². The van der Waals surface area contributed by atoms with Crippen LogP contribution in [-0.2, 0) is 10.9 Å². The number of carboxylic acids is 1. The summed E-state index contributed by atoms with van der Waals surface area (Å²) in [5, 5.41) is 8.76. The number of benzene rings is 1. The number of hydrogen-bond acceptors (Lipinski definition) is 3. The quantitative estimate of drug-likeness (QED) is 0.872. The first-order chi connectivity index (χ1) is 9.57. The Labute approximate surface area is 120 Å². The van der Waals surface area contributed by atoms with Crippen molar-refractivity contribution in [2.45, 2.75) is 32.0 Å². The van der Waals surface area contributed by atoms with Gasteiger partial charge in [0.1, 0.15) is 5.75 Å². The first kappa shape index (κ1) is 17.3. The molecule has 0 fully saturated rings. The molecule has 0 amide bonds. The van der Waals surface area contributed by atoms with Gasteiger partial charge in [0.25, 0.3) is 0 Å². The molecule has 0 bridgehead atoms. The maximum absolute atomic E-state index is 12.9. The normalized spacial score (nSPS) is 12.3. The second-order valence-electron chi connectivity index (χ2n) is 5.08. The zero-order valence-corrected chi connectivity index (χ0v) is 12.0. The van der Waals surface area contributed by atoms with Crippen molar-refractivity contribution in [1.82, 2.24) is 0 Å². The van der Waals surface area contributed by atoms with E-state index < -0.39 is 28.9 Å². The average Bonchev–Trinajstić information content (AvgIpc) is 2.37. The van der Waals surface area contributed by atoms with Gasteiger partial charge in [-0.15, -0.1) is 0 Å². The summed E-state index contributed by atoms with van der Waals surface area (Å²) in [5.74, 6) is -1.81. The summed E-state index contributed by atoms with van der Waals surface area (Å²) in [7, 11) is 1.50. The van der Waals surface area contributed by atoms with E-state index in [9.17, 15) is 18.0 Å². The third-order valence-electron chi connectivity index (χ3n) is 3.05. The number of aromatic carboxylic acids is 1. The van der Waals surface area contributed by atoms with Crippen LogP contribution < -0.4 is 4.74 Å². The van der Waals surface area contributed by atoms with Gasteiger partial charge in [-0.05, 0) is 32.0 Å². The molecular weight excluding hydrogens is 289 g/mol. The highest BCUT2D eigenvalue weighted by Crippen LogP contribution is 2.37. The molecule has 0 aliphatic carbocycles. The minimum atomic E-state index is -4.68. The number of halogens is 3. The van der Waals surface area contributed by atoms with Gasteiger partial charge in [0.15, 0.2) is 0 Å². The molecule has 7 heteroatoms. The Morgan fingerprint density at radius 3 is 2.38 bits per heavy atom. The number of ether oxygens (including phenoxy) is 2. The van der Waals surface area contributed by atoms with Crippen LogP contribution in [0.25, 0.3) is 0 Å². The van der Waals surface area contributed by atoms with Crippen molar-refractivity contribution in [3.8, 4) is 5.75 Å². The van der Waals surface area contributed by atoms with Gasteiger partial charge in [0.05, 0.1) is 23.3 Å². The molecule has 0 spiro atoms. The third kappa shape index (κ3) is 4.93. The molecule has 1 N–H and O–H groups in total. The molecule has 0 radical (unpaired) electrons. The van der Waals surface area contributed by atoms with Crippen molar-refractivity contribution in [2.75, 3.05) is 13.7 Å². The van der Waals surface area contributed by atoms with Crippen LogP contribution in [0.1, 0.15) is 36.2 Å². The van der Waals surface area contributed by atoms with Crippen molar-refractivity contribution in [3.05, 3.63) is 29.3 Å². The maximum Gasteiger partial charge on any atom is 0.419 e. The number of methoxy groups -OCH3 is 1. The van der Waals surface area contributed by atoms with Gasteiger partial charge in [-0.25, -0.2) is 4.79 Å². The fourth-order valence-electron chi connectivity index (χ4n) is 1.52. The van der Waals surface area contributed by atoms with E-state index in [0.29, 0.717) is 12.5 Å². The number of rotatable bonds is 6. The molecule has 4 nitrogen and oxygen atoms in total. The Balaban J connectivity index is 2.94. The highest BCUT2D eigenvalue weighted by molar-refractivity contribution is 5.88. The van der Waals surface area contributed by atoms with Gasteiger partial charge in [-0.2, -0.15) is 13.2 Å². The molecular formula is C14H17F3O4. The summed E-state index contributed by atoms with van der Waals surface area (Å²) in [5.41, 5.74) is -2.05. The van der Waals surface area contributed by atoms with E-state index in [-0.39, 0.29) is 12.4 Å². The van der Waals surface area contributed by atoms with E-state index >= 15 is 0 Å². The summed E-state index contributed by atoms with van der Waals surface area (Å²) in [4.78, 5) is 10.8. The summed E-state index contributed by atoms with van der Waals surface area (Å²) in [6.07, 6.45) is -4.29. The summed E-state index contributed by atoms with van der Waals surface area (Å²) >= 11 is 0. The first-order valence-electron chi connectivity index (χ1n) is 6.19. The Morgan fingerprint density at radius 1 is 1.29 bits per heavy atom. The van der Waals surface area contributed by atoms with Crippen molar-refractivity contribution in [3.63, 3.8) is 0 Å². The molecule has 1 aromatic carbocycles. The third-order valence-corrected chi connectivity index (χ3v) is 3.05. The van der Waals surface area contributed by atoms with Gasteiger partial charge in [-0.1, -0.05) is 0 Å². The number of hydrogen-bond donors (Lipinski definition) is 1. The Kier molecular flexibility index (Phi) is 5.22. The number of carbonyl (C=O) groups is 1. The summed E-state index contributed by atoms with van der Waals surface area (Å²) < 4.78 is 49.1. The van der Waals surface area contributed by atoms with E-state index in [1.807, 2.05) is 0 Å². The molecule has 0 unspecified atom stereocenters. The maximum atomic E-state index is 12.9. The standard InChI is InChI=1S/C14H17F3O4/c1-13(2,20-3)6-7-21-11-5-4-9(12(18)19)8-10(11)14(15,16)17/h4-5,8H,6-7H2,1-3H3,(H,18,19). The molecule has 0 saturated heterocycles. The lowest BCUT2D eigenvalue weighted by molar-refractivity contribution is -0.139. The van der Waals surface area contributed by atoms with Crippen molar-refractivity contribution in [2.24, 2.45) is 0 Å². The van der Waals surface area contributed by atoms with Gasteiger partial charge < -0.3 is 14.6 Å². The van der Waals surface area contributed by atoms with E-state index in [4.69, 9.17) is 14.6 Å². The summed E-state index contributed by atoms with van der Waals surface area (Å²) in [6.45, 7) is 3.60. The second kappa shape index (κ2) is 6.34. The van der Waals surface area contributed by atoms with Crippen molar-refractivity contribution in [1.29, 1.82) is 0 Å². The highest BCUT2D eigenvalue weighted by Gasteiger charge is 2.35. The fourth-order valence-corrected chi connectivity index (χ4v) is 1.52. The zero-order chi connectivity index (χ0) is 16.3. The molecule has 21 heavy (non-hydrogen) atoms. The lowest BCUT2D eigenvalue weighted by atomic mass is 10.1. The van der Waals surface area contributed by atoms with E-state index in [1.165, 1.54) is 7.11 Å². The Bertz CT molecular complexity index is 509. The largest absolute Gasteiger partial charge is 0.493 e. The lowest BCUT2D eigenvalue weighted by Crippen LogP contribution is -2.25. The van der Waals surface area contributed by atoms with Crippen LogP contribution in [0.3, 0.4) is 0 Å². The molecule has 0 aliphatic rings. The molecule has 0 aliphatic heterocycles. The fraction of sp³-hybridized carbons (Fsp3) is 0.500. The van der Waals surface area contributed by atoms with Gasteiger partial charge >= 0.3 is 12.1 Å². The van der Waals surface area contributed by atoms with Crippen LogP contribution >= 0.6 is 0 Å². The molecule has 0 heterocycles. The molecule has 118 valence electrons. The molecule has 1 rings (SSSR count). The Morgan fingerprint density at radius 2 is 1.90 bits per heavy atom. The van der Waals surface area contributed by atoms with Crippen LogP contribution in [0.2, 0.25) is 0 Å². The molecule has 0 aromatic heterocycles. The van der Waals surface area contributed by atoms with Gasteiger partial charge in [0, 0.05) is 13.5 Å². The SMILES string of the molecule is COC(C)(C)CCOc1ccc(C(=O)O)cc1C(F)(F)F. The number of alkyl halides is 3. The van der Waals surface area contributed by atoms with Crippen LogP contribution in [-0.4, -0.2) is 30.4 Å². The molecule has 0 atom stereocenters. The Hall–Kier alpha value is -1.76. The monoisotopic (exact) mass is 306 g/mol. The smallest absolute Gasteiger partial charge is 0.419 e. The lowest BCUT2D eigenvalue weighted by Gasteiger charge is -2.23. The first-order valence-corrected chi connectivity index (χ1v) is 6.19. The van der Waals surface area contributed by atoms with Gasteiger partial charge in [0.2, 0.25) is 0 Å². The van der Waals surface area contributed by atoms with Crippen molar-refractivity contribution >= 4 is 5.97 Å². The highest BCUT2D eigenvalue weighted by atomic mass is 19.4. The van der Waals surface area contributed by atoms with E-state index in [0.717, 1.165) is 12.1 Å². The van der Waals surface area contributed by atoms with Crippen LogP contribution in [0, 0.1) is 0 Å².